The Morgan fingerprint density at radius 3 is 2.41 bits per heavy atom. The number of rotatable bonds is 4. The quantitative estimate of drug-likeness (QED) is 0.471. The summed E-state index contributed by atoms with van der Waals surface area (Å²) in [5.41, 5.74) is -0.670. The Labute approximate surface area is 242 Å². The zero-order valence-electron chi connectivity index (χ0n) is 23.2. The lowest BCUT2D eigenvalue weighted by atomic mass is 9.74. The summed E-state index contributed by atoms with van der Waals surface area (Å²) in [6.45, 7) is 8.57. The van der Waals surface area contributed by atoms with Crippen LogP contribution in [0.2, 0.25) is 0 Å². The van der Waals surface area contributed by atoms with Crippen LogP contribution >= 0.6 is 11.8 Å². The van der Waals surface area contributed by atoms with Gasteiger partial charge in [-0.1, -0.05) is 42.1 Å². The SMILES string of the molecule is CC1(C)OB(c2ccc(F)c([C@@]34CN(c5ncc(F)cn5)C[C@@H]3CSC(NC(=O)c3ccccc3)=N4)c2)OC1(C)C. The highest BCUT2D eigenvalue weighted by Gasteiger charge is 2.54. The van der Waals surface area contributed by atoms with Crippen molar-refractivity contribution < 1.29 is 22.9 Å². The van der Waals surface area contributed by atoms with Crippen LogP contribution in [0.4, 0.5) is 14.7 Å². The van der Waals surface area contributed by atoms with Gasteiger partial charge in [0.1, 0.15) is 11.4 Å². The van der Waals surface area contributed by atoms with E-state index in [1.807, 2.05) is 38.7 Å². The summed E-state index contributed by atoms with van der Waals surface area (Å²) < 4.78 is 42.0. The second-order valence-corrected chi connectivity index (χ2v) is 12.6. The summed E-state index contributed by atoms with van der Waals surface area (Å²) in [6, 6.07) is 13.7. The molecule has 1 aromatic heterocycles. The smallest absolute Gasteiger partial charge is 0.399 e. The standard InChI is InChI=1S/C29H30BF2N5O3S/c1-27(2)28(3,4)40-30(39-27)20-10-11-23(32)22(12-20)29-17-37(25-33-13-21(31)14-34-25)15-19(29)16-41-26(36-29)35-24(38)18-8-6-5-7-9-18/h5-14,19H,15-17H2,1-4H3,(H,35,36,38)/t19-,29-/m1/s1. The number of nitrogens with one attached hydrogen (secondary N) is 1. The fourth-order valence-electron chi connectivity index (χ4n) is 5.42. The van der Waals surface area contributed by atoms with Gasteiger partial charge in [-0.05, 0) is 51.4 Å². The maximum Gasteiger partial charge on any atom is 0.494 e. The van der Waals surface area contributed by atoms with Crippen molar-refractivity contribution in [2.24, 2.45) is 10.9 Å². The topological polar surface area (TPSA) is 88.9 Å². The average molecular weight is 577 g/mol. The highest BCUT2D eigenvalue weighted by atomic mass is 32.2. The van der Waals surface area contributed by atoms with Crippen molar-refractivity contribution in [2.45, 2.75) is 44.4 Å². The molecule has 2 atom stereocenters. The fourth-order valence-corrected chi connectivity index (χ4v) is 6.55. The third kappa shape index (κ3) is 5.02. The molecule has 8 nitrogen and oxygen atoms in total. The van der Waals surface area contributed by atoms with Crippen LogP contribution in [0.5, 0.6) is 0 Å². The van der Waals surface area contributed by atoms with E-state index in [4.69, 9.17) is 14.3 Å². The molecule has 0 aliphatic carbocycles. The highest BCUT2D eigenvalue weighted by Crippen LogP contribution is 2.47. The van der Waals surface area contributed by atoms with E-state index in [0.29, 0.717) is 40.0 Å². The zero-order chi connectivity index (χ0) is 29.0. The van der Waals surface area contributed by atoms with Gasteiger partial charge in [0.05, 0.1) is 30.1 Å². The molecule has 12 heteroatoms. The van der Waals surface area contributed by atoms with Gasteiger partial charge in [-0.3, -0.25) is 4.79 Å². The number of hydrogen-bond acceptors (Lipinski definition) is 8. The molecule has 3 aromatic rings. The highest BCUT2D eigenvalue weighted by molar-refractivity contribution is 8.13. The molecule has 6 rings (SSSR count). The lowest BCUT2D eigenvalue weighted by Gasteiger charge is -2.36. The normalized spacial score (nSPS) is 24.6. The van der Waals surface area contributed by atoms with Crippen LogP contribution in [0, 0.1) is 17.6 Å². The Balaban J connectivity index is 1.41. The van der Waals surface area contributed by atoms with E-state index in [2.05, 4.69) is 15.3 Å². The molecule has 1 amide bonds. The third-order valence-corrected chi connectivity index (χ3v) is 9.43. The van der Waals surface area contributed by atoms with Crippen LogP contribution in [0.15, 0.2) is 65.9 Å². The van der Waals surface area contributed by atoms with Crippen molar-refractivity contribution in [1.29, 1.82) is 0 Å². The lowest BCUT2D eigenvalue weighted by molar-refractivity contribution is 0.00578. The number of fused-ring (bicyclic) bond motifs is 1. The molecule has 3 aliphatic rings. The van der Waals surface area contributed by atoms with Gasteiger partial charge >= 0.3 is 7.12 Å². The van der Waals surface area contributed by atoms with Crippen LogP contribution in [0.3, 0.4) is 0 Å². The minimum absolute atomic E-state index is 0.151. The molecule has 0 radical (unpaired) electrons. The molecule has 2 aromatic carbocycles. The molecular formula is C29H30BF2N5O3S. The van der Waals surface area contributed by atoms with E-state index in [-0.39, 0.29) is 18.4 Å². The summed E-state index contributed by atoms with van der Waals surface area (Å²) in [6.07, 6.45) is 2.22. The van der Waals surface area contributed by atoms with E-state index < -0.39 is 35.5 Å². The lowest BCUT2D eigenvalue weighted by Crippen LogP contribution is -2.44. The minimum atomic E-state index is -1.08. The third-order valence-electron chi connectivity index (χ3n) is 8.40. The predicted molar refractivity (Wildman–Crippen MR) is 155 cm³/mol. The number of thioether (sulfide) groups is 1. The van der Waals surface area contributed by atoms with Gasteiger partial charge in [-0.2, -0.15) is 0 Å². The zero-order valence-corrected chi connectivity index (χ0v) is 24.0. The number of nitrogens with zero attached hydrogens (tertiary/aromatic N) is 4. The number of aliphatic imine (C=N–C) groups is 1. The number of hydrogen-bond donors (Lipinski definition) is 1. The number of carbonyl (C=O) groups excluding carboxylic acids is 1. The van der Waals surface area contributed by atoms with Gasteiger partial charge in [0.25, 0.3) is 5.91 Å². The maximum atomic E-state index is 15.9. The van der Waals surface area contributed by atoms with Crippen LogP contribution in [-0.2, 0) is 14.8 Å². The largest absolute Gasteiger partial charge is 0.494 e. The van der Waals surface area contributed by atoms with Crippen molar-refractivity contribution >= 4 is 41.4 Å². The Morgan fingerprint density at radius 2 is 1.73 bits per heavy atom. The molecule has 0 bridgehead atoms. The number of amidine groups is 1. The maximum absolute atomic E-state index is 15.9. The Hall–Kier alpha value is -3.35. The van der Waals surface area contributed by atoms with Crippen molar-refractivity contribution in [3.8, 4) is 0 Å². The van der Waals surface area contributed by atoms with Crippen molar-refractivity contribution in [1.82, 2.24) is 15.3 Å². The molecule has 3 aliphatic heterocycles. The van der Waals surface area contributed by atoms with Crippen molar-refractivity contribution in [3.05, 3.63) is 83.7 Å². The molecule has 4 heterocycles. The number of benzene rings is 2. The van der Waals surface area contributed by atoms with E-state index in [1.54, 1.807) is 36.4 Å². The minimum Gasteiger partial charge on any atom is -0.399 e. The molecule has 212 valence electrons. The summed E-state index contributed by atoms with van der Waals surface area (Å²) in [5, 5.41) is 3.32. The van der Waals surface area contributed by atoms with Crippen molar-refractivity contribution in [2.75, 3.05) is 23.7 Å². The summed E-state index contributed by atoms with van der Waals surface area (Å²) >= 11 is 1.41. The molecule has 0 spiro atoms. The summed E-state index contributed by atoms with van der Waals surface area (Å²) in [7, 11) is -0.689. The van der Waals surface area contributed by atoms with Gasteiger partial charge < -0.3 is 19.5 Å². The molecule has 2 saturated heterocycles. The fraction of sp³-hybridized carbons (Fsp3) is 0.379. The number of anilines is 1. The molecule has 0 saturated carbocycles. The Kier molecular flexibility index (Phi) is 6.90. The average Bonchev–Trinajstić information content (AvgIpc) is 3.43. The monoisotopic (exact) mass is 577 g/mol. The molecule has 0 unspecified atom stereocenters. The van der Waals surface area contributed by atoms with E-state index in [0.717, 1.165) is 12.4 Å². The summed E-state index contributed by atoms with van der Waals surface area (Å²) in [5.74, 6) is -0.527. The van der Waals surface area contributed by atoms with Crippen LogP contribution < -0.4 is 15.7 Å². The van der Waals surface area contributed by atoms with Gasteiger partial charge in [0.15, 0.2) is 11.0 Å². The second-order valence-electron chi connectivity index (χ2n) is 11.6. The van der Waals surface area contributed by atoms with Gasteiger partial charge in [0.2, 0.25) is 5.95 Å². The van der Waals surface area contributed by atoms with E-state index >= 15 is 4.39 Å². The van der Waals surface area contributed by atoms with Gasteiger partial charge in [0, 0.05) is 29.3 Å². The number of carbonyl (C=O) groups is 1. The first-order chi connectivity index (χ1) is 19.5. The molecule has 2 fully saturated rings. The van der Waals surface area contributed by atoms with Crippen LogP contribution in [0.25, 0.3) is 0 Å². The van der Waals surface area contributed by atoms with Crippen LogP contribution in [0.1, 0.15) is 43.6 Å². The van der Waals surface area contributed by atoms with E-state index in [1.165, 1.54) is 17.8 Å². The molecule has 41 heavy (non-hydrogen) atoms. The number of halogens is 2. The van der Waals surface area contributed by atoms with Gasteiger partial charge in [-0.25, -0.2) is 23.7 Å². The first-order valence-electron chi connectivity index (χ1n) is 13.4. The second kappa shape index (κ2) is 10.2. The van der Waals surface area contributed by atoms with Crippen LogP contribution in [-0.4, -0.2) is 58.2 Å². The Morgan fingerprint density at radius 1 is 1.05 bits per heavy atom. The number of amides is 1. The summed E-state index contributed by atoms with van der Waals surface area (Å²) in [4.78, 5) is 28.3. The molecular weight excluding hydrogens is 547 g/mol. The first kappa shape index (κ1) is 27.8. The first-order valence-corrected chi connectivity index (χ1v) is 14.4. The van der Waals surface area contributed by atoms with Gasteiger partial charge in [-0.15, -0.1) is 0 Å². The Bertz CT molecular complexity index is 1490. The predicted octanol–water partition coefficient (Wildman–Crippen LogP) is 3.92. The number of aromatic nitrogens is 2. The molecule has 1 N–H and O–H groups in total. The van der Waals surface area contributed by atoms with Crippen molar-refractivity contribution in [3.63, 3.8) is 0 Å². The van der Waals surface area contributed by atoms with E-state index in [9.17, 15) is 9.18 Å².